The topological polar surface area (TPSA) is 109 Å². The molecule has 0 saturated heterocycles. The van der Waals surface area contributed by atoms with E-state index in [1.54, 1.807) is 12.1 Å². The van der Waals surface area contributed by atoms with E-state index < -0.39 is 11.6 Å². The number of halogens is 1. The van der Waals surface area contributed by atoms with E-state index in [4.69, 9.17) is 16.3 Å². The first-order valence-electron chi connectivity index (χ1n) is 14.2. The maximum Gasteiger partial charge on any atom is 0.246 e. The second-order valence-corrected chi connectivity index (χ2v) is 10.9. The highest BCUT2D eigenvalue weighted by Gasteiger charge is 2.43. The van der Waals surface area contributed by atoms with Gasteiger partial charge >= 0.3 is 0 Å². The molecule has 0 radical (unpaired) electrons. The van der Waals surface area contributed by atoms with E-state index in [1.165, 1.54) is 0 Å². The molecule has 1 aliphatic carbocycles. The van der Waals surface area contributed by atoms with Crippen molar-refractivity contribution in [3.05, 3.63) is 70.8 Å². The summed E-state index contributed by atoms with van der Waals surface area (Å²) in [6.07, 6.45) is 8.75. The fraction of sp³-hybridized carbons (Fsp3) is 0.452. The number of amides is 3. The normalized spacial score (nSPS) is 22.1. The Hall–Kier alpha value is -3.36. The van der Waals surface area contributed by atoms with Crippen LogP contribution in [0.2, 0.25) is 5.02 Å². The smallest absolute Gasteiger partial charge is 0.246 e. The molecule has 1 atom stereocenters. The Morgan fingerprint density at radius 2 is 1.77 bits per heavy atom. The first kappa shape index (κ1) is 29.6. The number of carbonyl (C=O) groups is 3. The standard InChI is InChI=1S/C31H39ClN4O4/c32-25-12-7-9-23(21-25)22-26-29(38)34-18-8-11-24-10-1-2-13-27(24)40-20-19-33-17-6-3-14-28(37)36-31(30(39)35-26)15-4-5-16-31/h1-2,7-13,21,26,33H,3-6,14-20,22H2,(H,34,38)(H,35,39)(H,36,37)/b11-8+/t26-/m0/s1. The molecule has 2 aromatic carbocycles. The van der Waals surface area contributed by atoms with Crippen LogP contribution in [0.1, 0.15) is 56.1 Å². The summed E-state index contributed by atoms with van der Waals surface area (Å²) in [6.45, 7) is 2.27. The van der Waals surface area contributed by atoms with Gasteiger partial charge in [0, 0.05) is 36.5 Å². The third kappa shape index (κ3) is 8.57. The lowest BCUT2D eigenvalue weighted by Gasteiger charge is -2.31. The zero-order valence-corrected chi connectivity index (χ0v) is 23.6. The number of carbonyl (C=O) groups excluding carboxylic acids is 3. The number of fused-ring (bicyclic) bond motifs is 1. The summed E-state index contributed by atoms with van der Waals surface area (Å²) in [7, 11) is 0. The van der Waals surface area contributed by atoms with Crippen LogP contribution in [0.15, 0.2) is 54.6 Å². The van der Waals surface area contributed by atoms with Gasteiger partial charge in [0.25, 0.3) is 0 Å². The Balaban J connectivity index is 1.54. The number of rotatable bonds is 2. The Bertz CT molecular complexity index is 1200. The van der Waals surface area contributed by atoms with Crippen molar-refractivity contribution in [1.82, 2.24) is 21.3 Å². The van der Waals surface area contributed by atoms with Crippen LogP contribution in [0.25, 0.3) is 6.08 Å². The van der Waals surface area contributed by atoms with Gasteiger partial charge in [-0.3, -0.25) is 14.4 Å². The number of hydrogen-bond donors (Lipinski definition) is 4. The number of para-hydroxylation sites is 1. The Labute approximate surface area is 241 Å². The lowest BCUT2D eigenvalue weighted by molar-refractivity contribution is -0.136. The van der Waals surface area contributed by atoms with Crippen LogP contribution in [-0.4, -0.2) is 55.5 Å². The zero-order chi connectivity index (χ0) is 28.2. The predicted octanol–water partition coefficient (Wildman–Crippen LogP) is 3.78. The van der Waals surface area contributed by atoms with Crippen molar-refractivity contribution >= 4 is 35.4 Å². The highest BCUT2D eigenvalue weighted by Crippen LogP contribution is 2.30. The van der Waals surface area contributed by atoms with Gasteiger partial charge < -0.3 is 26.0 Å². The third-order valence-corrected chi connectivity index (χ3v) is 7.61. The maximum atomic E-state index is 13.7. The highest BCUT2D eigenvalue weighted by atomic mass is 35.5. The second-order valence-electron chi connectivity index (χ2n) is 10.4. The van der Waals surface area contributed by atoms with E-state index in [0.717, 1.165) is 42.7 Å². The fourth-order valence-electron chi connectivity index (χ4n) is 5.23. The third-order valence-electron chi connectivity index (χ3n) is 7.38. The molecule has 4 rings (SSSR count). The molecule has 1 heterocycles. The summed E-state index contributed by atoms with van der Waals surface area (Å²) in [6, 6.07) is 14.2. The number of nitrogens with one attached hydrogen (secondary N) is 4. The van der Waals surface area contributed by atoms with E-state index in [1.807, 2.05) is 48.6 Å². The minimum Gasteiger partial charge on any atom is -0.492 e. The van der Waals surface area contributed by atoms with Crippen molar-refractivity contribution in [3.63, 3.8) is 0 Å². The fourth-order valence-corrected chi connectivity index (χ4v) is 5.45. The van der Waals surface area contributed by atoms with Crippen molar-refractivity contribution in [2.45, 2.75) is 62.9 Å². The van der Waals surface area contributed by atoms with Gasteiger partial charge in [-0.25, -0.2) is 0 Å². The molecule has 3 amide bonds. The van der Waals surface area contributed by atoms with Crippen LogP contribution in [0.4, 0.5) is 0 Å². The molecule has 1 aliphatic heterocycles. The SMILES string of the molecule is O=C1CCCCNCCOc2ccccc2/C=C/CNC(=O)[C@H](Cc2cccc(Cl)c2)NC(=O)C2(CCCC2)N1. The molecular formula is C31H39ClN4O4. The van der Waals surface area contributed by atoms with Crippen LogP contribution < -0.4 is 26.0 Å². The molecule has 9 heteroatoms. The van der Waals surface area contributed by atoms with Gasteiger partial charge in [-0.15, -0.1) is 0 Å². The molecule has 2 aliphatic rings. The summed E-state index contributed by atoms with van der Waals surface area (Å²) >= 11 is 6.19. The minimum absolute atomic E-state index is 0.135. The predicted molar refractivity (Wildman–Crippen MR) is 157 cm³/mol. The highest BCUT2D eigenvalue weighted by molar-refractivity contribution is 6.30. The zero-order valence-electron chi connectivity index (χ0n) is 22.8. The number of hydrogen-bond acceptors (Lipinski definition) is 5. The van der Waals surface area contributed by atoms with Gasteiger partial charge in [0.2, 0.25) is 17.7 Å². The summed E-state index contributed by atoms with van der Waals surface area (Å²) < 4.78 is 5.96. The van der Waals surface area contributed by atoms with E-state index in [0.29, 0.717) is 43.9 Å². The summed E-state index contributed by atoms with van der Waals surface area (Å²) in [4.78, 5) is 39.9. The average molecular weight is 567 g/mol. The van der Waals surface area contributed by atoms with Gasteiger partial charge in [0.1, 0.15) is 23.9 Å². The van der Waals surface area contributed by atoms with E-state index in [9.17, 15) is 14.4 Å². The largest absolute Gasteiger partial charge is 0.492 e. The molecule has 0 unspecified atom stereocenters. The summed E-state index contributed by atoms with van der Waals surface area (Å²) in [5.74, 6) is 0.0138. The summed E-state index contributed by atoms with van der Waals surface area (Å²) in [5, 5.41) is 12.8. The van der Waals surface area contributed by atoms with Crippen LogP contribution in [0.3, 0.4) is 0 Å². The number of benzene rings is 2. The monoisotopic (exact) mass is 566 g/mol. The van der Waals surface area contributed by atoms with E-state index >= 15 is 0 Å². The van der Waals surface area contributed by atoms with Crippen molar-refractivity contribution in [3.8, 4) is 5.75 Å². The van der Waals surface area contributed by atoms with Crippen LogP contribution in [0.5, 0.6) is 5.75 Å². The van der Waals surface area contributed by atoms with Crippen molar-refractivity contribution in [2.24, 2.45) is 0 Å². The molecule has 2 aromatic rings. The lowest BCUT2D eigenvalue weighted by atomic mass is 9.94. The van der Waals surface area contributed by atoms with Crippen LogP contribution in [-0.2, 0) is 20.8 Å². The Kier molecular flexibility index (Phi) is 11.0. The van der Waals surface area contributed by atoms with Gasteiger partial charge in [-0.1, -0.05) is 66.9 Å². The first-order valence-corrected chi connectivity index (χ1v) is 14.6. The average Bonchev–Trinajstić information content (AvgIpc) is 3.42. The van der Waals surface area contributed by atoms with Crippen molar-refractivity contribution in [1.29, 1.82) is 0 Å². The first-order chi connectivity index (χ1) is 19.4. The summed E-state index contributed by atoms with van der Waals surface area (Å²) in [5.41, 5.74) is 0.749. The molecule has 0 bridgehead atoms. The second kappa shape index (κ2) is 14.9. The van der Waals surface area contributed by atoms with E-state index in [-0.39, 0.29) is 30.7 Å². The molecule has 1 saturated carbocycles. The van der Waals surface area contributed by atoms with Gasteiger partial charge in [0.15, 0.2) is 0 Å². The minimum atomic E-state index is -0.998. The Morgan fingerprint density at radius 1 is 0.950 bits per heavy atom. The van der Waals surface area contributed by atoms with Crippen LogP contribution >= 0.6 is 11.6 Å². The van der Waals surface area contributed by atoms with Gasteiger partial charge in [0.05, 0.1) is 0 Å². The maximum absolute atomic E-state index is 13.7. The van der Waals surface area contributed by atoms with Gasteiger partial charge in [-0.05, 0) is 56.0 Å². The molecule has 8 nitrogen and oxygen atoms in total. The number of ether oxygens (including phenoxy) is 1. The molecule has 4 N–H and O–H groups in total. The molecular weight excluding hydrogens is 528 g/mol. The molecule has 40 heavy (non-hydrogen) atoms. The molecule has 0 aromatic heterocycles. The van der Waals surface area contributed by atoms with E-state index in [2.05, 4.69) is 21.3 Å². The molecule has 214 valence electrons. The quantitative estimate of drug-likeness (QED) is 0.442. The lowest BCUT2D eigenvalue weighted by Crippen LogP contribution is -2.61. The Morgan fingerprint density at radius 3 is 2.60 bits per heavy atom. The van der Waals surface area contributed by atoms with Crippen LogP contribution in [0, 0.1) is 0 Å². The van der Waals surface area contributed by atoms with Gasteiger partial charge in [-0.2, -0.15) is 0 Å². The van der Waals surface area contributed by atoms with Crippen molar-refractivity contribution < 1.29 is 19.1 Å². The molecule has 1 fully saturated rings. The van der Waals surface area contributed by atoms with Crippen molar-refractivity contribution in [2.75, 3.05) is 26.2 Å². The molecule has 1 spiro atoms.